The van der Waals surface area contributed by atoms with Gasteiger partial charge in [-0.15, -0.1) is 0 Å². The van der Waals surface area contributed by atoms with Crippen LogP contribution < -0.4 is 9.50 Å². The van der Waals surface area contributed by atoms with Crippen molar-refractivity contribution >= 4 is 27.6 Å². The van der Waals surface area contributed by atoms with E-state index in [0.717, 1.165) is 12.1 Å². The molecule has 0 saturated carbocycles. The van der Waals surface area contributed by atoms with Crippen LogP contribution in [0.3, 0.4) is 0 Å². The van der Waals surface area contributed by atoms with Gasteiger partial charge in [0.25, 0.3) is 0 Å². The van der Waals surface area contributed by atoms with Crippen LogP contribution in [0, 0.1) is 0 Å². The highest BCUT2D eigenvalue weighted by molar-refractivity contribution is 7.89. The Kier molecular flexibility index (Phi) is 5.58. The fourth-order valence-corrected chi connectivity index (χ4v) is 2.85. The molecule has 0 radical (unpaired) electrons. The molecule has 0 aliphatic carbocycles. The first-order chi connectivity index (χ1) is 11.6. The predicted molar refractivity (Wildman–Crippen MR) is 82.6 cm³/mol. The number of nitrogens with zero attached hydrogens (tertiary/aromatic N) is 1. The quantitative estimate of drug-likeness (QED) is 0.761. The zero-order valence-corrected chi connectivity index (χ0v) is 14.0. The number of carbonyl (C=O) groups excluding carboxylic acids is 2. The first kappa shape index (κ1) is 19.1. The summed E-state index contributed by atoms with van der Waals surface area (Å²) in [5, 5.41) is -2.31. The van der Waals surface area contributed by atoms with E-state index in [1.165, 1.54) is 19.1 Å². The maximum absolute atomic E-state index is 14.1. The van der Waals surface area contributed by atoms with Crippen molar-refractivity contribution in [2.75, 3.05) is 31.6 Å². The fourth-order valence-electron chi connectivity index (χ4n) is 2.03. The van der Waals surface area contributed by atoms with E-state index in [0.29, 0.717) is 10.6 Å². The number of halogens is 2. The first-order valence-corrected chi connectivity index (χ1v) is 8.61. The van der Waals surface area contributed by atoms with Crippen LogP contribution in [-0.2, 0) is 24.4 Å². The molecule has 2 amide bonds. The summed E-state index contributed by atoms with van der Waals surface area (Å²) in [5.41, 5.74) is 0.327. The number of hydrogen-bond acceptors (Lipinski definition) is 6. The van der Waals surface area contributed by atoms with E-state index >= 15 is 0 Å². The van der Waals surface area contributed by atoms with Crippen molar-refractivity contribution in [3.05, 3.63) is 24.3 Å². The Morgan fingerprint density at radius 3 is 2.28 bits per heavy atom. The summed E-state index contributed by atoms with van der Waals surface area (Å²) in [6, 6.07) is 4.71. The molecule has 1 aliphatic rings. The van der Waals surface area contributed by atoms with Crippen molar-refractivity contribution in [1.29, 1.82) is 0 Å². The summed E-state index contributed by atoms with van der Waals surface area (Å²) in [6.45, 7) is 1.11. The molecule has 25 heavy (non-hydrogen) atoms. The van der Waals surface area contributed by atoms with Crippen molar-refractivity contribution < 1.29 is 35.7 Å². The molecule has 0 atom stereocenters. The molecule has 1 aromatic carbocycles. The summed E-state index contributed by atoms with van der Waals surface area (Å²) in [4.78, 5) is 23.5. The van der Waals surface area contributed by atoms with Crippen molar-refractivity contribution in [3.63, 3.8) is 0 Å². The maximum Gasteiger partial charge on any atom is 0.458 e. The molecular weight excluding hydrogens is 362 g/mol. The molecule has 1 N–H and O–H groups in total. The lowest BCUT2D eigenvalue weighted by atomic mass is 10.3. The zero-order chi connectivity index (χ0) is 18.7. The summed E-state index contributed by atoms with van der Waals surface area (Å²) >= 11 is 0. The van der Waals surface area contributed by atoms with Gasteiger partial charge in [0.15, 0.2) is 0 Å². The largest absolute Gasteiger partial charge is 0.458 e. The van der Waals surface area contributed by atoms with Gasteiger partial charge >= 0.3 is 21.3 Å². The number of hydrogen-bond donors (Lipinski definition) is 1. The van der Waals surface area contributed by atoms with Crippen molar-refractivity contribution in [3.8, 4) is 5.75 Å². The third kappa shape index (κ3) is 4.42. The van der Waals surface area contributed by atoms with Crippen LogP contribution in [0.2, 0.25) is 0 Å². The average molecular weight is 378 g/mol. The number of alkyl halides is 2. The maximum atomic E-state index is 14.1. The first-order valence-electron chi connectivity index (χ1n) is 7.20. The minimum absolute atomic E-state index is 0.0489. The lowest BCUT2D eigenvalue weighted by Crippen LogP contribution is -2.52. The van der Waals surface area contributed by atoms with Gasteiger partial charge in [0.1, 0.15) is 5.75 Å². The third-order valence-electron chi connectivity index (χ3n) is 3.24. The van der Waals surface area contributed by atoms with E-state index in [1.807, 2.05) is 0 Å². The standard InChI is InChI=1S/C14H16F2N2O6S/c1-10(19)17-11-2-4-12(5-3-11)24-25(21,22)14(15,16)13(20)18-6-8-23-9-7-18/h2-5H,6-9H2,1H3,(H,17,19). The molecule has 1 heterocycles. The summed E-state index contributed by atoms with van der Waals surface area (Å²) in [6.07, 6.45) is 0. The predicted octanol–water partition coefficient (Wildman–Crippen LogP) is 0.805. The number of anilines is 1. The summed E-state index contributed by atoms with van der Waals surface area (Å²) in [7, 11) is -5.55. The number of nitrogens with one attached hydrogen (secondary N) is 1. The van der Waals surface area contributed by atoms with Gasteiger partial charge in [-0.1, -0.05) is 0 Å². The van der Waals surface area contributed by atoms with Crippen LogP contribution in [0.4, 0.5) is 14.5 Å². The smallest absolute Gasteiger partial charge is 0.378 e. The Morgan fingerprint density at radius 1 is 1.20 bits per heavy atom. The Morgan fingerprint density at radius 2 is 1.76 bits per heavy atom. The number of rotatable bonds is 5. The minimum Gasteiger partial charge on any atom is -0.378 e. The van der Waals surface area contributed by atoms with E-state index in [1.54, 1.807) is 0 Å². The van der Waals surface area contributed by atoms with Crippen LogP contribution in [-0.4, -0.2) is 56.7 Å². The second kappa shape index (κ2) is 7.31. The SMILES string of the molecule is CC(=O)Nc1ccc(OS(=O)(=O)C(F)(F)C(=O)N2CCOCC2)cc1. The van der Waals surface area contributed by atoms with E-state index in [-0.39, 0.29) is 32.2 Å². The lowest BCUT2D eigenvalue weighted by Gasteiger charge is -2.29. The molecule has 138 valence electrons. The van der Waals surface area contributed by atoms with E-state index in [9.17, 15) is 26.8 Å². The van der Waals surface area contributed by atoms with Crippen LogP contribution in [0.1, 0.15) is 6.92 Å². The monoisotopic (exact) mass is 378 g/mol. The Balaban J connectivity index is 2.13. The van der Waals surface area contributed by atoms with E-state index in [4.69, 9.17) is 4.74 Å². The normalized spacial score (nSPS) is 15.6. The van der Waals surface area contributed by atoms with E-state index in [2.05, 4.69) is 9.50 Å². The van der Waals surface area contributed by atoms with Gasteiger partial charge in [-0.2, -0.15) is 17.2 Å². The van der Waals surface area contributed by atoms with E-state index < -0.39 is 27.0 Å². The van der Waals surface area contributed by atoms with Gasteiger partial charge in [-0.05, 0) is 24.3 Å². The fraction of sp³-hybridized carbons (Fsp3) is 0.429. The molecule has 1 fully saturated rings. The zero-order valence-electron chi connectivity index (χ0n) is 13.2. The van der Waals surface area contributed by atoms with Gasteiger partial charge in [-0.3, -0.25) is 9.59 Å². The Bertz CT molecular complexity index is 745. The highest BCUT2D eigenvalue weighted by atomic mass is 32.2. The van der Waals surface area contributed by atoms with Crippen LogP contribution in [0.15, 0.2) is 24.3 Å². The summed E-state index contributed by atoms with van der Waals surface area (Å²) in [5.74, 6) is -2.63. The lowest BCUT2D eigenvalue weighted by molar-refractivity contribution is -0.151. The van der Waals surface area contributed by atoms with Gasteiger partial charge in [-0.25, -0.2) is 0 Å². The molecule has 8 nitrogen and oxygen atoms in total. The molecule has 11 heteroatoms. The number of morpholine rings is 1. The van der Waals surface area contributed by atoms with Gasteiger partial charge < -0.3 is 19.1 Å². The van der Waals surface area contributed by atoms with Gasteiger partial charge in [0, 0.05) is 25.7 Å². The van der Waals surface area contributed by atoms with Crippen molar-refractivity contribution in [2.24, 2.45) is 0 Å². The third-order valence-corrected chi connectivity index (χ3v) is 4.46. The van der Waals surface area contributed by atoms with Crippen LogP contribution >= 0.6 is 0 Å². The second-order valence-corrected chi connectivity index (χ2v) is 6.75. The number of ether oxygens (including phenoxy) is 1. The molecule has 1 aliphatic heterocycles. The number of benzene rings is 1. The number of amides is 2. The Labute approximate surface area is 142 Å². The number of carbonyl (C=O) groups is 2. The van der Waals surface area contributed by atoms with Crippen molar-refractivity contribution in [2.45, 2.75) is 12.2 Å². The molecular formula is C14H16F2N2O6S. The molecule has 0 aromatic heterocycles. The minimum atomic E-state index is -5.55. The van der Waals surface area contributed by atoms with Crippen LogP contribution in [0.5, 0.6) is 5.75 Å². The Hall–Kier alpha value is -2.27. The molecule has 0 spiro atoms. The molecule has 0 unspecified atom stereocenters. The van der Waals surface area contributed by atoms with Crippen molar-refractivity contribution in [1.82, 2.24) is 4.90 Å². The van der Waals surface area contributed by atoms with Gasteiger partial charge in [0.05, 0.1) is 13.2 Å². The molecule has 0 bridgehead atoms. The summed E-state index contributed by atoms with van der Waals surface area (Å²) < 4.78 is 61.2. The average Bonchev–Trinajstić information content (AvgIpc) is 2.56. The molecule has 1 aromatic rings. The highest BCUT2D eigenvalue weighted by Crippen LogP contribution is 2.29. The van der Waals surface area contributed by atoms with Crippen LogP contribution in [0.25, 0.3) is 0 Å². The van der Waals surface area contributed by atoms with Gasteiger partial charge in [0.2, 0.25) is 5.91 Å². The molecule has 2 rings (SSSR count). The molecule has 1 saturated heterocycles. The topological polar surface area (TPSA) is 102 Å². The highest BCUT2D eigenvalue weighted by Gasteiger charge is 2.57. The second-order valence-electron chi connectivity index (χ2n) is 5.16.